The van der Waals surface area contributed by atoms with Gasteiger partial charge in [-0.3, -0.25) is 14.5 Å². The summed E-state index contributed by atoms with van der Waals surface area (Å²) in [5.74, 6) is 0.778. The van der Waals surface area contributed by atoms with Crippen LogP contribution in [0.4, 0.5) is 0 Å². The van der Waals surface area contributed by atoms with Crippen molar-refractivity contribution in [2.45, 2.75) is 25.4 Å². The van der Waals surface area contributed by atoms with Crippen LogP contribution in [0, 0.1) is 0 Å². The lowest BCUT2D eigenvalue weighted by Gasteiger charge is -2.30. The molecule has 3 heterocycles. The van der Waals surface area contributed by atoms with Gasteiger partial charge >= 0.3 is 0 Å². The zero-order valence-corrected chi connectivity index (χ0v) is 13.2. The molecule has 0 saturated carbocycles. The average molecular weight is 321 g/mol. The molecule has 0 radical (unpaired) electrons. The second-order valence-corrected chi connectivity index (χ2v) is 5.92. The maximum absolute atomic E-state index is 12.4. The molecule has 1 N–H and O–H groups in total. The van der Waals surface area contributed by atoms with Crippen LogP contribution in [0.1, 0.15) is 18.6 Å². The topological polar surface area (TPSA) is 75.0 Å². The molecule has 7 heteroatoms. The summed E-state index contributed by atoms with van der Waals surface area (Å²) in [7, 11) is 0. The molecular weight excluding hydrogens is 298 g/mol. The molecule has 0 spiro atoms. The third-order valence-corrected chi connectivity index (χ3v) is 4.39. The molecule has 0 unspecified atom stereocenters. The Morgan fingerprint density at radius 1 is 1.26 bits per heavy atom. The van der Waals surface area contributed by atoms with Crippen molar-refractivity contribution in [1.29, 1.82) is 0 Å². The van der Waals surface area contributed by atoms with E-state index >= 15 is 0 Å². The molecule has 1 atom stereocenters. The lowest BCUT2D eigenvalue weighted by Crippen LogP contribution is -2.49. The van der Waals surface area contributed by atoms with Gasteiger partial charge in [-0.05, 0) is 31.5 Å². The second kappa shape index (κ2) is 7.61. The first-order chi connectivity index (χ1) is 11.2. The van der Waals surface area contributed by atoms with Gasteiger partial charge in [0, 0.05) is 13.1 Å². The quantitative estimate of drug-likeness (QED) is 0.840. The Bertz CT molecular complexity index is 525. The van der Waals surface area contributed by atoms with Gasteiger partial charge < -0.3 is 19.4 Å². The number of nitrogens with zero attached hydrogens (tertiary/aromatic N) is 2. The highest BCUT2D eigenvalue weighted by molar-refractivity contribution is 5.84. The predicted molar refractivity (Wildman–Crippen MR) is 82.5 cm³/mol. The molecular formula is C16H23N3O4. The molecule has 2 amide bonds. The normalized spacial score (nSPS) is 22.3. The van der Waals surface area contributed by atoms with Crippen molar-refractivity contribution in [1.82, 2.24) is 15.1 Å². The van der Waals surface area contributed by atoms with Gasteiger partial charge in [-0.2, -0.15) is 0 Å². The molecule has 1 aromatic heterocycles. The summed E-state index contributed by atoms with van der Waals surface area (Å²) < 4.78 is 10.5. The minimum atomic E-state index is -0.227. The van der Waals surface area contributed by atoms with E-state index in [-0.39, 0.29) is 17.9 Å². The number of furan rings is 1. The maximum Gasteiger partial charge on any atom is 0.237 e. The van der Waals surface area contributed by atoms with Crippen LogP contribution in [0.5, 0.6) is 0 Å². The molecule has 7 nitrogen and oxygen atoms in total. The van der Waals surface area contributed by atoms with Gasteiger partial charge in [-0.15, -0.1) is 0 Å². The largest absolute Gasteiger partial charge is 0.467 e. The molecule has 126 valence electrons. The van der Waals surface area contributed by atoms with Gasteiger partial charge in [0.15, 0.2) is 0 Å². The summed E-state index contributed by atoms with van der Waals surface area (Å²) >= 11 is 0. The van der Waals surface area contributed by atoms with E-state index in [1.165, 1.54) is 0 Å². The molecule has 0 aliphatic carbocycles. The lowest BCUT2D eigenvalue weighted by molar-refractivity contribution is -0.137. The Balaban J connectivity index is 1.50. The van der Waals surface area contributed by atoms with E-state index < -0.39 is 0 Å². The highest BCUT2D eigenvalue weighted by atomic mass is 16.5. The summed E-state index contributed by atoms with van der Waals surface area (Å²) in [6.07, 6.45) is 3.32. The van der Waals surface area contributed by atoms with Crippen LogP contribution in [-0.4, -0.2) is 67.0 Å². The van der Waals surface area contributed by atoms with Crippen molar-refractivity contribution in [3.63, 3.8) is 0 Å². The Labute approximate surface area is 135 Å². The fourth-order valence-corrected chi connectivity index (χ4v) is 3.10. The van der Waals surface area contributed by atoms with E-state index in [0.717, 1.165) is 25.1 Å². The number of likely N-dealkylation sites (tertiary alicyclic amines) is 1. The molecule has 2 saturated heterocycles. The summed E-state index contributed by atoms with van der Waals surface area (Å²) in [5.41, 5.74) is 0. The second-order valence-electron chi connectivity index (χ2n) is 5.92. The monoisotopic (exact) mass is 321 g/mol. The fourth-order valence-electron chi connectivity index (χ4n) is 3.10. The standard InChI is InChI=1S/C16H23N3O4/c20-15(18-6-9-22-10-7-18)12-19-5-1-4-14(19)16(21)17-11-13-3-2-8-23-13/h2-3,8,14H,1,4-7,9-12H2,(H,17,21)/t14-/m1/s1. The van der Waals surface area contributed by atoms with E-state index in [0.29, 0.717) is 39.4 Å². The zero-order chi connectivity index (χ0) is 16.1. The third kappa shape index (κ3) is 4.11. The van der Waals surface area contributed by atoms with Gasteiger partial charge in [0.2, 0.25) is 11.8 Å². The van der Waals surface area contributed by atoms with Crippen LogP contribution in [0.25, 0.3) is 0 Å². The van der Waals surface area contributed by atoms with Gasteiger partial charge in [0.1, 0.15) is 5.76 Å². The van der Waals surface area contributed by atoms with Crippen LogP contribution in [0.15, 0.2) is 22.8 Å². The van der Waals surface area contributed by atoms with Crippen LogP contribution in [0.3, 0.4) is 0 Å². The molecule has 2 aliphatic rings. The highest BCUT2D eigenvalue weighted by Crippen LogP contribution is 2.18. The fraction of sp³-hybridized carbons (Fsp3) is 0.625. The van der Waals surface area contributed by atoms with Crippen molar-refractivity contribution in [3.05, 3.63) is 24.2 Å². The third-order valence-electron chi connectivity index (χ3n) is 4.39. The SMILES string of the molecule is O=C(NCc1ccco1)[C@H]1CCCN1CC(=O)N1CCOCC1. The summed E-state index contributed by atoms with van der Waals surface area (Å²) in [4.78, 5) is 28.5. The first-order valence-corrected chi connectivity index (χ1v) is 8.14. The number of carbonyl (C=O) groups is 2. The number of carbonyl (C=O) groups excluding carboxylic acids is 2. The Morgan fingerprint density at radius 2 is 2.09 bits per heavy atom. The zero-order valence-electron chi connectivity index (χ0n) is 13.2. The van der Waals surface area contributed by atoms with E-state index in [1.54, 1.807) is 12.3 Å². The van der Waals surface area contributed by atoms with E-state index in [9.17, 15) is 9.59 Å². The molecule has 1 aromatic rings. The highest BCUT2D eigenvalue weighted by Gasteiger charge is 2.33. The number of morpholine rings is 1. The number of ether oxygens (including phenoxy) is 1. The number of amides is 2. The Hall–Kier alpha value is -1.86. The minimum absolute atomic E-state index is 0.0336. The van der Waals surface area contributed by atoms with Crippen LogP contribution in [0.2, 0.25) is 0 Å². The minimum Gasteiger partial charge on any atom is -0.467 e. The number of hydrogen-bond acceptors (Lipinski definition) is 5. The first-order valence-electron chi connectivity index (χ1n) is 8.14. The number of rotatable bonds is 5. The van der Waals surface area contributed by atoms with Crippen LogP contribution in [-0.2, 0) is 20.9 Å². The summed E-state index contributed by atoms with van der Waals surface area (Å²) in [6.45, 7) is 3.95. The van der Waals surface area contributed by atoms with E-state index in [2.05, 4.69) is 5.32 Å². The van der Waals surface area contributed by atoms with Gasteiger partial charge in [0.05, 0.1) is 38.6 Å². The van der Waals surface area contributed by atoms with Crippen LogP contribution < -0.4 is 5.32 Å². The lowest BCUT2D eigenvalue weighted by atomic mass is 10.2. The van der Waals surface area contributed by atoms with Crippen LogP contribution >= 0.6 is 0 Å². The molecule has 3 rings (SSSR count). The van der Waals surface area contributed by atoms with Gasteiger partial charge in [-0.25, -0.2) is 0 Å². The number of nitrogens with one attached hydrogen (secondary N) is 1. The number of hydrogen-bond donors (Lipinski definition) is 1. The Kier molecular flexibility index (Phi) is 5.30. The smallest absolute Gasteiger partial charge is 0.237 e. The predicted octanol–water partition coefficient (Wildman–Crippen LogP) is 0.219. The molecule has 2 fully saturated rings. The molecule has 2 aliphatic heterocycles. The van der Waals surface area contributed by atoms with Crippen molar-refractivity contribution >= 4 is 11.8 Å². The summed E-state index contributed by atoms with van der Waals surface area (Å²) in [6, 6.07) is 3.40. The van der Waals surface area contributed by atoms with E-state index in [4.69, 9.17) is 9.15 Å². The van der Waals surface area contributed by atoms with Crippen molar-refractivity contribution < 1.29 is 18.7 Å². The molecule has 0 aromatic carbocycles. The van der Waals surface area contributed by atoms with Gasteiger partial charge in [-0.1, -0.05) is 0 Å². The molecule has 23 heavy (non-hydrogen) atoms. The van der Waals surface area contributed by atoms with Crippen molar-refractivity contribution in [2.75, 3.05) is 39.4 Å². The average Bonchev–Trinajstić information content (AvgIpc) is 3.25. The van der Waals surface area contributed by atoms with Gasteiger partial charge in [0.25, 0.3) is 0 Å². The maximum atomic E-state index is 12.4. The van der Waals surface area contributed by atoms with Crippen molar-refractivity contribution in [3.8, 4) is 0 Å². The Morgan fingerprint density at radius 3 is 2.83 bits per heavy atom. The first kappa shape index (κ1) is 16.0. The van der Waals surface area contributed by atoms with E-state index in [1.807, 2.05) is 15.9 Å². The summed E-state index contributed by atoms with van der Waals surface area (Å²) in [5, 5.41) is 2.89. The molecule has 0 bridgehead atoms. The van der Waals surface area contributed by atoms with Crippen molar-refractivity contribution in [2.24, 2.45) is 0 Å².